The molecule has 1 amide bonds. The van der Waals surface area contributed by atoms with Crippen LogP contribution in [0.15, 0.2) is 24.3 Å². The predicted molar refractivity (Wildman–Crippen MR) is 83.3 cm³/mol. The average molecular weight is 308 g/mol. The van der Waals surface area contributed by atoms with E-state index >= 15 is 0 Å². The lowest BCUT2D eigenvalue weighted by molar-refractivity contribution is -0.138. The van der Waals surface area contributed by atoms with Gasteiger partial charge in [0.15, 0.2) is 0 Å². The van der Waals surface area contributed by atoms with Gasteiger partial charge in [0.05, 0.1) is 11.6 Å². The number of amides is 1. The zero-order valence-corrected chi connectivity index (χ0v) is 13.3. The third-order valence-corrected chi connectivity index (χ3v) is 5.11. The highest BCUT2D eigenvalue weighted by Gasteiger charge is 2.49. The fourth-order valence-electron chi connectivity index (χ4n) is 3.57. The van der Waals surface area contributed by atoms with Gasteiger partial charge in [-0.2, -0.15) is 0 Å². The molecule has 114 valence electrons. The number of hydrogen-bond donors (Lipinski definition) is 1. The number of rotatable bonds is 3. The highest BCUT2D eigenvalue weighted by molar-refractivity contribution is 6.31. The molecule has 21 heavy (non-hydrogen) atoms. The summed E-state index contributed by atoms with van der Waals surface area (Å²) in [5, 5.41) is 11.0. The number of carbonyl (C=O) groups is 1. The first-order chi connectivity index (χ1) is 9.89. The first kappa shape index (κ1) is 14.9. The van der Waals surface area contributed by atoms with E-state index in [9.17, 15) is 9.90 Å². The minimum atomic E-state index is -0.832. The molecular formula is C17H22ClNO2. The Morgan fingerprint density at radius 1 is 1.38 bits per heavy atom. The standard InChI is InChI=1S/C17H22ClNO2/c1-17(2,21)15-8-5-9-19(15)16(20)13-10-12(13)11-6-3-4-7-14(11)18/h3-4,6-7,12-13,15,21H,5,8-10H2,1-2H3. The smallest absolute Gasteiger partial charge is 0.226 e. The second-order valence-corrected chi connectivity index (χ2v) is 7.22. The van der Waals surface area contributed by atoms with Gasteiger partial charge in [0.2, 0.25) is 5.91 Å². The van der Waals surface area contributed by atoms with Gasteiger partial charge in [-0.25, -0.2) is 0 Å². The van der Waals surface area contributed by atoms with Gasteiger partial charge in [0.1, 0.15) is 0 Å². The van der Waals surface area contributed by atoms with Crippen LogP contribution in [0.3, 0.4) is 0 Å². The third kappa shape index (κ3) is 2.82. The van der Waals surface area contributed by atoms with Crippen LogP contribution in [0.2, 0.25) is 5.02 Å². The van der Waals surface area contributed by atoms with Crippen LogP contribution in [0.25, 0.3) is 0 Å². The fourth-order valence-corrected chi connectivity index (χ4v) is 3.84. The van der Waals surface area contributed by atoms with Crippen molar-refractivity contribution in [2.24, 2.45) is 5.92 Å². The lowest BCUT2D eigenvalue weighted by atomic mass is 9.96. The van der Waals surface area contributed by atoms with Crippen molar-refractivity contribution in [3.63, 3.8) is 0 Å². The molecule has 0 aromatic heterocycles. The minimum absolute atomic E-state index is 0.0350. The molecule has 2 aliphatic rings. The molecule has 0 spiro atoms. The summed E-state index contributed by atoms with van der Waals surface area (Å²) in [5.41, 5.74) is 0.248. The summed E-state index contributed by atoms with van der Waals surface area (Å²) in [6, 6.07) is 7.72. The maximum atomic E-state index is 12.7. The van der Waals surface area contributed by atoms with E-state index in [0.717, 1.165) is 36.4 Å². The van der Waals surface area contributed by atoms with Gasteiger partial charge in [-0.1, -0.05) is 29.8 Å². The first-order valence-corrected chi connectivity index (χ1v) is 8.04. The molecule has 3 rings (SSSR count). The number of halogens is 1. The Bertz CT molecular complexity index is 552. The Morgan fingerprint density at radius 3 is 2.76 bits per heavy atom. The SMILES string of the molecule is CC(C)(O)C1CCCN1C(=O)C1CC1c1ccccc1Cl. The summed E-state index contributed by atoms with van der Waals surface area (Å²) in [4.78, 5) is 14.6. The molecule has 3 nitrogen and oxygen atoms in total. The molecule has 2 fully saturated rings. The van der Waals surface area contributed by atoms with Gasteiger partial charge >= 0.3 is 0 Å². The molecule has 3 atom stereocenters. The lowest BCUT2D eigenvalue weighted by Crippen LogP contribution is -2.48. The molecule has 0 bridgehead atoms. The Morgan fingerprint density at radius 2 is 2.10 bits per heavy atom. The van der Waals surface area contributed by atoms with Crippen molar-refractivity contribution < 1.29 is 9.90 Å². The van der Waals surface area contributed by atoms with Gasteiger partial charge in [0.25, 0.3) is 0 Å². The number of nitrogens with zero attached hydrogens (tertiary/aromatic N) is 1. The van der Waals surface area contributed by atoms with Gasteiger partial charge < -0.3 is 10.0 Å². The van der Waals surface area contributed by atoms with Crippen molar-refractivity contribution in [3.8, 4) is 0 Å². The highest BCUT2D eigenvalue weighted by atomic mass is 35.5. The van der Waals surface area contributed by atoms with Crippen LogP contribution in [-0.2, 0) is 4.79 Å². The summed E-state index contributed by atoms with van der Waals surface area (Å²) < 4.78 is 0. The van der Waals surface area contributed by atoms with E-state index in [1.807, 2.05) is 29.2 Å². The molecule has 1 aliphatic carbocycles. The highest BCUT2D eigenvalue weighted by Crippen LogP contribution is 2.51. The summed E-state index contributed by atoms with van der Waals surface area (Å²) in [6.07, 6.45) is 2.74. The molecule has 1 aromatic rings. The molecule has 1 aliphatic heterocycles. The van der Waals surface area contributed by atoms with Crippen molar-refractivity contribution in [1.29, 1.82) is 0 Å². The van der Waals surface area contributed by atoms with Gasteiger partial charge in [-0.15, -0.1) is 0 Å². The first-order valence-electron chi connectivity index (χ1n) is 7.67. The average Bonchev–Trinajstić information content (AvgIpc) is 3.03. The summed E-state index contributed by atoms with van der Waals surface area (Å²) in [7, 11) is 0. The van der Waals surface area contributed by atoms with E-state index in [0.29, 0.717) is 0 Å². The van der Waals surface area contributed by atoms with Crippen molar-refractivity contribution in [2.45, 2.75) is 50.7 Å². The molecule has 1 N–H and O–H groups in total. The number of benzene rings is 1. The fraction of sp³-hybridized carbons (Fsp3) is 0.588. The normalized spacial score (nSPS) is 28.8. The lowest BCUT2D eigenvalue weighted by Gasteiger charge is -2.34. The second kappa shape index (κ2) is 5.29. The van der Waals surface area contributed by atoms with Gasteiger partial charge in [-0.05, 0) is 50.7 Å². The van der Waals surface area contributed by atoms with Crippen molar-refractivity contribution in [2.75, 3.05) is 6.54 Å². The molecule has 0 radical (unpaired) electrons. The van der Waals surface area contributed by atoms with Crippen LogP contribution in [0.5, 0.6) is 0 Å². The monoisotopic (exact) mass is 307 g/mol. The number of likely N-dealkylation sites (tertiary alicyclic amines) is 1. The van der Waals surface area contributed by atoms with E-state index in [-0.39, 0.29) is 23.8 Å². The zero-order chi connectivity index (χ0) is 15.2. The topological polar surface area (TPSA) is 40.5 Å². The van der Waals surface area contributed by atoms with E-state index in [4.69, 9.17) is 11.6 Å². The van der Waals surface area contributed by atoms with Crippen LogP contribution in [0, 0.1) is 5.92 Å². The number of aliphatic hydroxyl groups is 1. The van der Waals surface area contributed by atoms with E-state index in [1.54, 1.807) is 13.8 Å². The van der Waals surface area contributed by atoms with E-state index < -0.39 is 5.60 Å². The Kier molecular flexibility index (Phi) is 3.74. The van der Waals surface area contributed by atoms with E-state index in [2.05, 4.69) is 0 Å². The van der Waals surface area contributed by atoms with Crippen LogP contribution in [-0.4, -0.2) is 34.1 Å². The van der Waals surface area contributed by atoms with Crippen LogP contribution in [0.1, 0.15) is 44.6 Å². The Hall–Kier alpha value is -1.06. The van der Waals surface area contributed by atoms with Crippen LogP contribution < -0.4 is 0 Å². The number of hydrogen-bond acceptors (Lipinski definition) is 2. The van der Waals surface area contributed by atoms with E-state index in [1.165, 1.54) is 0 Å². The minimum Gasteiger partial charge on any atom is -0.388 e. The summed E-state index contributed by atoms with van der Waals surface area (Å²) in [5.74, 6) is 0.464. The van der Waals surface area contributed by atoms with Gasteiger partial charge in [-0.3, -0.25) is 4.79 Å². The molecule has 1 saturated heterocycles. The Labute approximate surface area is 130 Å². The van der Waals surface area contributed by atoms with Gasteiger partial charge in [0, 0.05) is 17.5 Å². The molecule has 3 unspecified atom stereocenters. The summed E-state index contributed by atoms with van der Waals surface area (Å²) in [6.45, 7) is 4.35. The molecular weight excluding hydrogens is 286 g/mol. The maximum absolute atomic E-state index is 12.7. The van der Waals surface area contributed by atoms with Crippen molar-refractivity contribution in [3.05, 3.63) is 34.9 Å². The third-order valence-electron chi connectivity index (χ3n) is 4.76. The van der Waals surface area contributed by atoms with Crippen LogP contribution >= 0.6 is 11.6 Å². The van der Waals surface area contributed by atoms with Crippen LogP contribution in [0.4, 0.5) is 0 Å². The zero-order valence-electron chi connectivity index (χ0n) is 12.6. The number of carbonyl (C=O) groups excluding carboxylic acids is 1. The maximum Gasteiger partial charge on any atom is 0.226 e. The quantitative estimate of drug-likeness (QED) is 0.931. The second-order valence-electron chi connectivity index (χ2n) is 6.81. The Balaban J connectivity index is 1.72. The summed E-state index contributed by atoms with van der Waals surface area (Å²) >= 11 is 6.23. The molecule has 1 aromatic carbocycles. The molecule has 4 heteroatoms. The van der Waals surface area contributed by atoms with Crippen molar-refractivity contribution in [1.82, 2.24) is 4.90 Å². The molecule has 1 saturated carbocycles. The van der Waals surface area contributed by atoms with Crippen molar-refractivity contribution >= 4 is 17.5 Å². The molecule has 1 heterocycles. The largest absolute Gasteiger partial charge is 0.388 e. The predicted octanol–water partition coefficient (Wildman–Crippen LogP) is 3.21.